The number of aromatic nitrogens is 4. The van der Waals surface area contributed by atoms with Gasteiger partial charge in [-0.25, -0.2) is 9.59 Å². The number of nitrogens with zero attached hydrogens (tertiary/aromatic N) is 5. The van der Waals surface area contributed by atoms with Gasteiger partial charge >= 0.3 is 11.8 Å². The molecule has 1 N–H and O–H groups in total. The van der Waals surface area contributed by atoms with Crippen LogP contribution >= 0.6 is 11.6 Å². The Morgan fingerprint density at radius 1 is 1.20 bits per heavy atom. The minimum Gasteiger partial charge on any atom is -0.489 e. The third-order valence-corrected chi connectivity index (χ3v) is 8.31. The molecule has 1 atom stereocenters. The van der Waals surface area contributed by atoms with E-state index in [1.165, 1.54) is 0 Å². The molecule has 1 saturated carbocycles. The van der Waals surface area contributed by atoms with E-state index in [1.54, 1.807) is 15.7 Å². The fourth-order valence-electron chi connectivity index (χ4n) is 5.97. The Bertz CT molecular complexity index is 1750. The van der Waals surface area contributed by atoms with Crippen molar-refractivity contribution in [2.45, 2.75) is 58.2 Å². The number of halogens is 1. The summed E-state index contributed by atoms with van der Waals surface area (Å²) < 4.78 is 13.9. The topological polar surface area (TPSA) is 106 Å². The fourth-order valence-corrected chi connectivity index (χ4v) is 6.27. The maximum absolute atomic E-state index is 13.6. The average molecular weight is 563 g/mol. The van der Waals surface area contributed by atoms with Gasteiger partial charge in [-0.1, -0.05) is 17.7 Å². The molecule has 7 rings (SSSR count). The fraction of sp³-hybridized carbons (Fsp3) is 0.448. The predicted molar refractivity (Wildman–Crippen MR) is 154 cm³/mol. The molecule has 0 unspecified atom stereocenters. The van der Waals surface area contributed by atoms with Crippen LogP contribution in [0.2, 0.25) is 5.02 Å². The monoisotopic (exact) mass is 562 g/mol. The lowest BCUT2D eigenvalue weighted by Crippen LogP contribution is -2.57. The van der Waals surface area contributed by atoms with Crippen molar-refractivity contribution >= 4 is 45.3 Å². The van der Waals surface area contributed by atoms with E-state index in [1.807, 2.05) is 45.9 Å². The summed E-state index contributed by atoms with van der Waals surface area (Å²) in [6, 6.07) is 5.93. The van der Waals surface area contributed by atoms with Crippen molar-refractivity contribution in [3.05, 3.63) is 45.5 Å². The lowest BCUT2D eigenvalue weighted by molar-refractivity contribution is 0.0202. The van der Waals surface area contributed by atoms with Crippen LogP contribution in [0.1, 0.15) is 45.2 Å². The summed E-state index contributed by atoms with van der Waals surface area (Å²) >= 11 is 7.20. The number of aryl methyl sites for hydroxylation is 1. The minimum atomic E-state index is -0.592. The molecule has 2 aromatic carbocycles. The number of benzene rings is 2. The summed E-state index contributed by atoms with van der Waals surface area (Å²) in [6.45, 7) is 9.21. The van der Waals surface area contributed by atoms with E-state index in [2.05, 4.69) is 20.1 Å². The van der Waals surface area contributed by atoms with Gasteiger partial charge in [0.05, 0.1) is 33.7 Å². The van der Waals surface area contributed by atoms with Crippen molar-refractivity contribution < 1.29 is 14.3 Å². The van der Waals surface area contributed by atoms with Crippen LogP contribution < -0.4 is 15.3 Å². The van der Waals surface area contributed by atoms with Gasteiger partial charge in [0, 0.05) is 36.6 Å². The number of rotatable bonds is 2. The molecule has 2 aromatic heterocycles. The lowest BCUT2D eigenvalue weighted by atomic mass is 9.95. The van der Waals surface area contributed by atoms with Gasteiger partial charge in [-0.15, -0.1) is 0 Å². The quantitative estimate of drug-likeness (QED) is 0.364. The number of H-pyrrole nitrogens is 1. The number of nitrogens with one attached hydrogen (secondary N) is 1. The van der Waals surface area contributed by atoms with E-state index < -0.39 is 5.60 Å². The Kier molecular flexibility index (Phi) is 5.58. The lowest BCUT2D eigenvalue weighted by Gasteiger charge is -2.41. The SMILES string of the molecule is Cc1ccc2[nH]ncc2c1-c1cc2c3c(nc(=O)n2C2CC2)N2CCN(C(=O)OC(C)(C)C)C[C@H]2COc3c1Cl. The predicted octanol–water partition coefficient (Wildman–Crippen LogP) is 5.05. The summed E-state index contributed by atoms with van der Waals surface area (Å²) in [5.74, 6) is 1.08. The first-order chi connectivity index (χ1) is 19.1. The third-order valence-electron chi connectivity index (χ3n) is 7.93. The molecular formula is C29H31ClN6O4. The largest absolute Gasteiger partial charge is 0.489 e. The Hall–Kier alpha value is -3.79. The molecule has 4 aromatic rings. The molecule has 208 valence electrons. The van der Waals surface area contributed by atoms with E-state index in [-0.39, 0.29) is 30.5 Å². The highest BCUT2D eigenvalue weighted by Crippen LogP contribution is 2.49. The van der Waals surface area contributed by atoms with E-state index in [0.717, 1.165) is 51.3 Å². The highest BCUT2D eigenvalue weighted by molar-refractivity contribution is 6.37. The summed E-state index contributed by atoms with van der Waals surface area (Å²) in [7, 11) is 0. The Morgan fingerprint density at radius 3 is 2.75 bits per heavy atom. The van der Waals surface area contributed by atoms with Gasteiger partial charge in [0.25, 0.3) is 0 Å². The van der Waals surface area contributed by atoms with Crippen molar-refractivity contribution in [3.63, 3.8) is 0 Å². The van der Waals surface area contributed by atoms with Crippen molar-refractivity contribution in [3.8, 4) is 16.9 Å². The summed E-state index contributed by atoms with van der Waals surface area (Å²) in [6.07, 6.45) is 3.30. The number of hydrogen-bond acceptors (Lipinski definition) is 7. The molecule has 0 spiro atoms. The third kappa shape index (κ3) is 3.99. The highest BCUT2D eigenvalue weighted by atomic mass is 35.5. The molecule has 10 nitrogen and oxygen atoms in total. The Balaban J connectivity index is 1.40. The molecular weight excluding hydrogens is 532 g/mol. The first-order valence-electron chi connectivity index (χ1n) is 13.7. The number of carbonyl (C=O) groups is 1. The molecule has 2 fully saturated rings. The molecule has 2 aliphatic heterocycles. The van der Waals surface area contributed by atoms with Crippen molar-refractivity contribution in [2.24, 2.45) is 0 Å². The molecule has 4 heterocycles. The zero-order valence-electron chi connectivity index (χ0n) is 23.0. The molecule has 3 aliphatic rings. The maximum Gasteiger partial charge on any atom is 0.410 e. The number of carbonyl (C=O) groups excluding carboxylic acids is 1. The number of fused-ring (bicyclic) bond motifs is 3. The summed E-state index contributed by atoms with van der Waals surface area (Å²) in [5.41, 5.74) is 3.57. The van der Waals surface area contributed by atoms with Crippen LogP contribution in [0.5, 0.6) is 5.75 Å². The second kappa shape index (κ2) is 8.86. The Morgan fingerprint density at radius 2 is 2.00 bits per heavy atom. The van der Waals surface area contributed by atoms with Crippen molar-refractivity contribution in [1.29, 1.82) is 0 Å². The van der Waals surface area contributed by atoms with Crippen molar-refractivity contribution in [2.75, 3.05) is 31.1 Å². The highest BCUT2D eigenvalue weighted by Gasteiger charge is 2.39. The molecule has 1 aliphatic carbocycles. The van der Waals surface area contributed by atoms with Gasteiger partial charge in [0.2, 0.25) is 0 Å². The molecule has 1 saturated heterocycles. The number of anilines is 1. The second-order valence-electron chi connectivity index (χ2n) is 12.0. The molecule has 11 heteroatoms. The maximum atomic E-state index is 13.6. The zero-order chi connectivity index (χ0) is 27.9. The number of hydrogen-bond donors (Lipinski definition) is 1. The van der Waals surface area contributed by atoms with Gasteiger partial charge in [-0.2, -0.15) is 10.1 Å². The molecule has 1 amide bonds. The van der Waals surface area contributed by atoms with E-state index in [0.29, 0.717) is 36.2 Å². The van der Waals surface area contributed by atoms with E-state index >= 15 is 0 Å². The Labute approximate surface area is 235 Å². The molecule has 40 heavy (non-hydrogen) atoms. The van der Waals surface area contributed by atoms with Gasteiger partial charge < -0.3 is 19.3 Å². The van der Waals surface area contributed by atoms with Gasteiger partial charge in [-0.05, 0) is 63.8 Å². The first-order valence-corrected chi connectivity index (χ1v) is 14.1. The average Bonchev–Trinajstić information content (AvgIpc) is 3.64. The molecule has 0 bridgehead atoms. The van der Waals surface area contributed by atoms with Gasteiger partial charge in [0.1, 0.15) is 18.0 Å². The van der Waals surface area contributed by atoms with Crippen LogP contribution in [0.25, 0.3) is 32.9 Å². The van der Waals surface area contributed by atoms with E-state index in [9.17, 15) is 9.59 Å². The summed E-state index contributed by atoms with van der Waals surface area (Å²) in [4.78, 5) is 34.9. The van der Waals surface area contributed by atoms with Gasteiger partial charge in [0.15, 0.2) is 5.75 Å². The van der Waals surface area contributed by atoms with Crippen LogP contribution in [0.3, 0.4) is 0 Å². The van der Waals surface area contributed by atoms with Crippen LogP contribution in [-0.2, 0) is 4.74 Å². The normalized spacial score (nSPS) is 19.0. The van der Waals surface area contributed by atoms with Crippen LogP contribution in [0, 0.1) is 6.92 Å². The zero-order valence-corrected chi connectivity index (χ0v) is 23.7. The van der Waals surface area contributed by atoms with Crippen molar-refractivity contribution in [1.82, 2.24) is 24.6 Å². The number of amides is 1. The minimum absolute atomic E-state index is 0.102. The van der Waals surface area contributed by atoms with Crippen LogP contribution in [-0.4, -0.2) is 68.6 Å². The number of aromatic amines is 1. The smallest absolute Gasteiger partial charge is 0.410 e. The first kappa shape index (κ1) is 25.2. The van der Waals surface area contributed by atoms with Crippen LogP contribution in [0.4, 0.5) is 10.6 Å². The second-order valence-corrected chi connectivity index (χ2v) is 12.3. The number of ether oxygens (including phenoxy) is 2. The van der Waals surface area contributed by atoms with Crippen LogP contribution in [0.15, 0.2) is 29.2 Å². The number of piperazine rings is 1. The standard InChI is InChI=1S/C29H31ClN6O4/c1-15-5-8-20-19(12-31-33-20)22(15)18-11-21-23-25(24(18)30)39-14-17-13-34(28(38)40-29(2,3)4)9-10-35(17)26(23)32-27(37)36(21)16-6-7-16/h5,8,11-12,16-17H,6-7,9-10,13-14H2,1-4H3,(H,31,33)/t17-/m0/s1. The van der Waals surface area contributed by atoms with E-state index in [4.69, 9.17) is 21.1 Å². The van der Waals surface area contributed by atoms with Gasteiger partial charge in [-0.3, -0.25) is 9.67 Å². The molecule has 0 radical (unpaired) electrons. The summed E-state index contributed by atoms with van der Waals surface area (Å²) in [5, 5.41) is 9.45.